The van der Waals surface area contributed by atoms with Crippen molar-refractivity contribution < 1.29 is 9.13 Å². The van der Waals surface area contributed by atoms with E-state index in [0.29, 0.717) is 18.6 Å². The number of alkyl halides is 1. The lowest BCUT2D eigenvalue weighted by Crippen LogP contribution is -2.59. The first-order valence-electron chi connectivity index (χ1n) is 8.42. The van der Waals surface area contributed by atoms with Crippen molar-refractivity contribution in [3.63, 3.8) is 0 Å². The summed E-state index contributed by atoms with van der Waals surface area (Å²) in [6.07, 6.45) is 2.12. The van der Waals surface area contributed by atoms with Gasteiger partial charge in [-0.3, -0.25) is 4.90 Å². The van der Waals surface area contributed by atoms with Gasteiger partial charge < -0.3 is 10.1 Å². The van der Waals surface area contributed by atoms with Gasteiger partial charge in [-0.1, -0.05) is 13.8 Å². The molecule has 2 aliphatic heterocycles. The molecule has 0 amide bonds. The predicted octanol–water partition coefficient (Wildman–Crippen LogP) is 3.13. The first-order chi connectivity index (χ1) is 9.58. The normalized spacial score (nSPS) is 34.3. The maximum Gasteiger partial charge on any atom is 0.128 e. The minimum atomic E-state index is -0.768. The Bertz CT molecular complexity index is 341. The molecule has 2 unspecified atom stereocenters. The fourth-order valence-electron chi connectivity index (χ4n) is 4.17. The number of nitrogens with one attached hydrogen (secondary N) is 1. The third kappa shape index (κ3) is 4.64. The quantitative estimate of drug-likeness (QED) is 0.866. The average molecular weight is 300 g/mol. The number of ether oxygens (including phenoxy) is 1. The second-order valence-electron chi connectivity index (χ2n) is 8.41. The maximum absolute atomic E-state index is 14.5. The molecule has 0 radical (unpaired) electrons. The van der Waals surface area contributed by atoms with Crippen molar-refractivity contribution in [3.05, 3.63) is 0 Å². The zero-order valence-corrected chi connectivity index (χ0v) is 14.6. The lowest BCUT2D eigenvalue weighted by Gasteiger charge is -2.50. The number of nitrogens with zero attached hydrogens (tertiary/aromatic N) is 1. The van der Waals surface area contributed by atoms with Gasteiger partial charge in [0.25, 0.3) is 0 Å². The second-order valence-corrected chi connectivity index (χ2v) is 8.41. The van der Waals surface area contributed by atoms with Crippen LogP contribution in [-0.4, -0.2) is 53.5 Å². The molecule has 21 heavy (non-hydrogen) atoms. The van der Waals surface area contributed by atoms with Gasteiger partial charge in [-0.2, -0.15) is 0 Å². The summed E-state index contributed by atoms with van der Waals surface area (Å²) in [5.41, 5.74) is -0.240. The maximum atomic E-state index is 14.5. The summed E-state index contributed by atoms with van der Waals surface area (Å²) in [6, 6.07) is 0.796. The Hall–Kier alpha value is -0.190. The third-order valence-electron chi connectivity index (χ3n) is 4.64. The molecule has 2 rings (SSSR count). The summed E-state index contributed by atoms with van der Waals surface area (Å²) in [7, 11) is 0. The van der Waals surface area contributed by atoms with Crippen molar-refractivity contribution in [2.75, 3.05) is 13.1 Å². The van der Waals surface area contributed by atoms with E-state index >= 15 is 0 Å². The van der Waals surface area contributed by atoms with Crippen molar-refractivity contribution >= 4 is 0 Å². The molecule has 2 saturated heterocycles. The summed E-state index contributed by atoms with van der Waals surface area (Å²) >= 11 is 0. The highest BCUT2D eigenvalue weighted by atomic mass is 19.1. The SMILES string of the molecule is CC(C)NC1CCN(C2CC(C)(C)OC(C)(C)C2)CC1F. The van der Waals surface area contributed by atoms with Crippen molar-refractivity contribution in [1.29, 1.82) is 0 Å². The minimum Gasteiger partial charge on any atom is -0.370 e. The Labute approximate surface area is 129 Å². The van der Waals surface area contributed by atoms with E-state index in [1.807, 2.05) is 0 Å². The predicted molar refractivity (Wildman–Crippen MR) is 85.4 cm³/mol. The lowest BCUT2D eigenvalue weighted by molar-refractivity contribution is -0.179. The second kappa shape index (κ2) is 6.13. The molecule has 2 fully saturated rings. The van der Waals surface area contributed by atoms with Gasteiger partial charge in [-0.05, 0) is 47.0 Å². The Kier molecular flexibility index (Phi) is 5.01. The molecule has 0 aromatic rings. The Balaban J connectivity index is 1.97. The van der Waals surface area contributed by atoms with Gasteiger partial charge in [0.05, 0.1) is 11.2 Å². The molecule has 0 spiro atoms. The van der Waals surface area contributed by atoms with Gasteiger partial charge in [-0.15, -0.1) is 0 Å². The van der Waals surface area contributed by atoms with Gasteiger partial charge in [0, 0.05) is 31.2 Å². The van der Waals surface area contributed by atoms with E-state index in [1.165, 1.54) is 0 Å². The van der Waals surface area contributed by atoms with E-state index in [0.717, 1.165) is 25.8 Å². The lowest BCUT2D eigenvalue weighted by atomic mass is 9.83. The summed E-state index contributed by atoms with van der Waals surface area (Å²) in [6.45, 7) is 14.3. The number of halogens is 1. The van der Waals surface area contributed by atoms with Crippen LogP contribution in [-0.2, 0) is 4.74 Å². The molecule has 4 heteroatoms. The summed E-state index contributed by atoms with van der Waals surface area (Å²) in [4.78, 5) is 2.36. The van der Waals surface area contributed by atoms with Crippen LogP contribution >= 0.6 is 0 Å². The van der Waals surface area contributed by atoms with E-state index in [1.54, 1.807) is 0 Å². The number of hydrogen-bond acceptors (Lipinski definition) is 3. The highest BCUT2D eigenvalue weighted by Crippen LogP contribution is 2.38. The van der Waals surface area contributed by atoms with Crippen LogP contribution in [0.5, 0.6) is 0 Å². The van der Waals surface area contributed by atoms with E-state index in [2.05, 4.69) is 51.8 Å². The monoisotopic (exact) mass is 300 g/mol. The van der Waals surface area contributed by atoms with Crippen molar-refractivity contribution in [1.82, 2.24) is 10.2 Å². The van der Waals surface area contributed by atoms with Crippen LogP contribution in [0.1, 0.15) is 60.8 Å². The van der Waals surface area contributed by atoms with Crippen molar-refractivity contribution in [3.8, 4) is 0 Å². The van der Waals surface area contributed by atoms with E-state index in [4.69, 9.17) is 4.74 Å². The van der Waals surface area contributed by atoms with E-state index in [9.17, 15) is 4.39 Å². The van der Waals surface area contributed by atoms with Gasteiger partial charge >= 0.3 is 0 Å². The van der Waals surface area contributed by atoms with Gasteiger partial charge in [-0.25, -0.2) is 4.39 Å². The Morgan fingerprint density at radius 3 is 2.19 bits per heavy atom. The summed E-state index contributed by atoms with van der Waals surface area (Å²) < 4.78 is 20.6. The molecule has 1 N–H and O–H groups in total. The van der Waals surface area contributed by atoms with Crippen LogP contribution in [0.3, 0.4) is 0 Å². The standard InChI is InChI=1S/C17H33FN2O/c1-12(2)19-15-7-8-20(11-14(15)18)13-9-16(3,4)21-17(5,6)10-13/h12-15,19H,7-11H2,1-6H3. The summed E-state index contributed by atoms with van der Waals surface area (Å²) in [5.74, 6) is 0. The number of rotatable bonds is 3. The highest BCUT2D eigenvalue weighted by molar-refractivity contribution is 4.96. The fourth-order valence-corrected chi connectivity index (χ4v) is 4.17. The molecule has 0 saturated carbocycles. The van der Waals surface area contributed by atoms with Crippen LogP contribution in [0, 0.1) is 0 Å². The number of hydrogen-bond donors (Lipinski definition) is 1. The van der Waals surface area contributed by atoms with Crippen LogP contribution in [0.2, 0.25) is 0 Å². The molecule has 2 atom stereocenters. The molecule has 0 bridgehead atoms. The Morgan fingerprint density at radius 1 is 1.14 bits per heavy atom. The van der Waals surface area contributed by atoms with Crippen LogP contribution in [0.15, 0.2) is 0 Å². The van der Waals surface area contributed by atoms with E-state index in [-0.39, 0.29) is 17.2 Å². The topological polar surface area (TPSA) is 24.5 Å². The third-order valence-corrected chi connectivity index (χ3v) is 4.64. The molecule has 0 aromatic heterocycles. The molecule has 0 aliphatic carbocycles. The first kappa shape index (κ1) is 17.2. The molecule has 0 aromatic carbocycles. The molecular weight excluding hydrogens is 267 g/mol. The molecule has 3 nitrogen and oxygen atoms in total. The van der Waals surface area contributed by atoms with Crippen LogP contribution < -0.4 is 5.32 Å². The van der Waals surface area contributed by atoms with Gasteiger partial charge in [0.1, 0.15) is 6.17 Å². The van der Waals surface area contributed by atoms with Crippen LogP contribution in [0.25, 0.3) is 0 Å². The smallest absolute Gasteiger partial charge is 0.128 e. The van der Waals surface area contributed by atoms with Gasteiger partial charge in [0.15, 0.2) is 0 Å². The Morgan fingerprint density at radius 2 is 1.71 bits per heavy atom. The minimum absolute atomic E-state index is 0.0158. The molecule has 124 valence electrons. The zero-order valence-electron chi connectivity index (χ0n) is 14.6. The van der Waals surface area contributed by atoms with Gasteiger partial charge in [0.2, 0.25) is 0 Å². The zero-order chi connectivity index (χ0) is 15.8. The molecule has 2 heterocycles. The first-order valence-corrected chi connectivity index (χ1v) is 8.42. The number of piperidine rings is 1. The van der Waals surface area contributed by atoms with Crippen molar-refractivity contribution in [2.45, 2.75) is 96.3 Å². The molecular formula is C17H33FN2O. The fraction of sp³-hybridized carbons (Fsp3) is 1.00. The molecule has 2 aliphatic rings. The highest BCUT2D eigenvalue weighted by Gasteiger charge is 2.43. The average Bonchev–Trinajstić information content (AvgIpc) is 2.27. The number of likely N-dealkylation sites (tertiary alicyclic amines) is 1. The summed E-state index contributed by atoms with van der Waals surface area (Å²) in [5, 5.41) is 3.36. The largest absolute Gasteiger partial charge is 0.370 e. The van der Waals surface area contributed by atoms with Crippen molar-refractivity contribution in [2.24, 2.45) is 0 Å². The van der Waals surface area contributed by atoms with Crippen LogP contribution in [0.4, 0.5) is 4.39 Å². The van der Waals surface area contributed by atoms with E-state index < -0.39 is 6.17 Å².